The van der Waals surface area contributed by atoms with E-state index in [0.717, 1.165) is 32.2 Å². The van der Waals surface area contributed by atoms with Gasteiger partial charge in [0.25, 0.3) is 0 Å². The van der Waals surface area contributed by atoms with E-state index in [-0.39, 0.29) is 16.9 Å². The summed E-state index contributed by atoms with van der Waals surface area (Å²) in [7, 11) is 0.546. The monoisotopic (exact) mass is 260 g/mol. The van der Waals surface area contributed by atoms with Crippen LogP contribution in [-0.4, -0.2) is 40.8 Å². The highest BCUT2D eigenvalue weighted by molar-refractivity contribution is 7.86. The van der Waals surface area contributed by atoms with Crippen LogP contribution in [-0.2, 0) is 15.6 Å². The van der Waals surface area contributed by atoms with Gasteiger partial charge in [-0.15, -0.1) is 0 Å². The van der Waals surface area contributed by atoms with E-state index < -0.39 is 10.8 Å². The third-order valence-electron chi connectivity index (χ3n) is 3.25. The van der Waals surface area contributed by atoms with Crippen LogP contribution in [0, 0.1) is 0 Å². The number of carbonyl (C=O) groups is 1. The summed E-state index contributed by atoms with van der Waals surface area (Å²) in [5.74, 6) is 0.0222. The van der Waals surface area contributed by atoms with Crippen molar-refractivity contribution < 1.29 is 9.00 Å². The molecule has 100 valence electrons. The van der Waals surface area contributed by atoms with Crippen LogP contribution >= 0.6 is 0 Å². The van der Waals surface area contributed by atoms with Crippen molar-refractivity contribution in [2.75, 3.05) is 19.3 Å². The molecule has 1 aliphatic rings. The number of rotatable bonds is 6. The Hall–Kier alpha value is -0.420. The van der Waals surface area contributed by atoms with E-state index in [2.05, 4.69) is 17.6 Å². The minimum absolute atomic E-state index is 0.122. The topological polar surface area (TPSA) is 58.2 Å². The Bertz CT molecular complexity index is 271. The van der Waals surface area contributed by atoms with Gasteiger partial charge < -0.3 is 10.6 Å². The molecule has 0 heterocycles. The molecule has 4 nitrogen and oxygen atoms in total. The van der Waals surface area contributed by atoms with Gasteiger partial charge in [-0.2, -0.15) is 0 Å². The van der Waals surface area contributed by atoms with Crippen molar-refractivity contribution in [1.82, 2.24) is 10.6 Å². The maximum absolute atomic E-state index is 12.2. The van der Waals surface area contributed by atoms with Gasteiger partial charge in [-0.25, -0.2) is 0 Å². The van der Waals surface area contributed by atoms with Crippen molar-refractivity contribution in [2.24, 2.45) is 0 Å². The Morgan fingerprint density at radius 3 is 2.71 bits per heavy atom. The molecule has 0 aromatic carbocycles. The Morgan fingerprint density at radius 1 is 1.35 bits per heavy atom. The number of nitrogens with one attached hydrogen (secondary N) is 2. The highest BCUT2D eigenvalue weighted by Gasteiger charge is 2.30. The lowest BCUT2D eigenvalue weighted by Gasteiger charge is -2.31. The molecule has 2 N–H and O–H groups in total. The quantitative estimate of drug-likeness (QED) is 0.742. The van der Waals surface area contributed by atoms with E-state index >= 15 is 0 Å². The van der Waals surface area contributed by atoms with Gasteiger partial charge in [0.05, 0.1) is 5.25 Å². The van der Waals surface area contributed by atoms with Crippen LogP contribution in [0.25, 0.3) is 0 Å². The van der Waals surface area contributed by atoms with Gasteiger partial charge >= 0.3 is 0 Å². The minimum Gasteiger partial charge on any atom is -0.358 e. The number of hydrogen-bond acceptors (Lipinski definition) is 3. The van der Waals surface area contributed by atoms with Crippen LogP contribution in [0.5, 0.6) is 0 Å². The SMILES string of the molecule is CCCNC1CCCCC1S(=O)CC(=O)NC. The summed E-state index contributed by atoms with van der Waals surface area (Å²) >= 11 is 0. The molecule has 1 amide bonds. The fourth-order valence-electron chi connectivity index (χ4n) is 2.28. The molecule has 1 saturated carbocycles. The van der Waals surface area contributed by atoms with Crippen molar-refractivity contribution in [3.63, 3.8) is 0 Å². The van der Waals surface area contributed by atoms with E-state index in [0.29, 0.717) is 6.04 Å². The molecular formula is C12H24N2O2S. The van der Waals surface area contributed by atoms with Crippen molar-refractivity contribution in [3.05, 3.63) is 0 Å². The molecule has 0 spiro atoms. The highest BCUT2D eigenvalue weighted by Crippen LogP contribution is 2.23. The smallest absolute Gasteiger partial charge is 0.232 e. The summed E-state index contributed by atoms with van der Waals surface area (Å²) in [4.78, 5) is 11.3. The summed E-state index contributed by atoms with van der Waals surface area (Å²) in [5.41, 5.74) is 0. The molecule has 0 saturated heterocycles. The molecule has 1 aliphatic carbocycles. The Balaban J connectivity index is 2.51. The predicted octanol–water partition coefficient (Wildman–Crippen LogP) is 0.792. The van der Waals surface area contributed by atoms with Gasteiger partial charge in [-0.05, 0) is 25.8 Å². The molecule has 1 rings (SSSR count). The van der Waals surface area contributed by atoms with Crippen LogP contribution in [0.3, 0.4) is 0 Å². The number of hydrogen-bond donors (Lipinski definition) is 2. The number of amides is 1. The van der Waals surface area contributed by atoms with E-state index in [1.54, 1.807) is 7.05 Å². The fourth-order valence-corrected chi connectivity index (χ4v) is 3.93. The third-order valence-corrected chi connectivity index (χ3v) is 5.04. The maximum Gasteiger partial charge on any atom is 0.232 e. The fraction of sp³-hybridized carbons (Fsp3) is 0.917. The maximum atomic E-state index is 12.2. The van der Waals surface area contributed by atoms with Gasteiger partial charge in [0, 0.05) is 23.9 Å². The summed E-state index contributed by atoms with van der Waals surface area (Å²) in [6, 6.07) is 0.328. The normalized spacial score (nSPS) is 26.5. The summed E-state index contributed by atoms with van der Waals surface area (Å²) in [5, 5.41) is 6.16. The Labute approximate surface area is 106 Å². The molecule has 0 bridgehead atoms. The van der Waals surface area contributed by atoms with Crippen LogP contribution in [0.15, 0.2) is 0 Å². The molecule has 0 aromatic rings. The first-order valence-electron chi connectivity index (χ1n) is 6.50. The molecule has 3 atom stereocenters. The molecule has 5 heteroatoms. The van der Waals surface area contributed by atoms with Gasteiger partial charge in [0.15, 0.2) is 0 Å². The lowest BCUT2D eigenvalue weighted by molar-refractivity contribution is -0.118. The summed E-state index contributed by atoms with van der Waals surface area (Å²) in [6.07, 6.45) is 5.49. The predicted molar refractivity (Wildman–Crippen MR) is 71.4 cm³/mol. The molecule has 17 heavy (non-hydrogen) atoms. The van der Waals surface area contributed by atoms with Crippen LogP contribution in [0.1, 0.15) is 39.0 Å². The zero-order valence-electron chi connectivity index (χ0n) is 10.8. The van der Waals surface area contributed by atoms with E-state index in [1.807, 2.05) is 0 Å². The summed E-state index contributed by atoms with van der Waals surface area (Å²) in [6.45, 7) is 3.10. The molecule has 3 unspecified atom stereocenters. The van der Waals surface area contributed by atoms with E-state index in [1.165, 1.54) is 6.42 Å². The third kappa shape index (κ3) is 4.76. The average Bonchev–Trinajstić information content (AvgIpc) is 2.36. The molecule has 0 radical (unpaired) electrons. The first-order chi connectivity index (χ1) is 8.19. The lowest BCUT2D eigenvalue weighted by atomic mass is 9.95. The van der Waals surface area contributed by atoms with Crippen LogP contribution in [0.4, 0.5) is 0 Å². The zero-order chi connectivity index (χ0) is 12.7. The molecule has 0 aromatic heterocycles. The summed E-state index contributed by atoms with van der Waals surface area (Å²) < 4.78 is 12.2. The second-order valence-electron chi connectivity index (χ2n) is 4.58. The van der Waals surface area contributed by atoms with Gasteiger partial charge in [0.1, 0.15) is 5.75 Å². The molecule has 1 fully saturated rings. The Morgan fingerprint density at radius 2 is 2.06 bits per heavy atom. The minimum atomic E-state index is -1.04. The highest BCUT2D eigenvalue weighted by atomic mass is 32.2. The first kappa shape index (κ1) is 14.6. The standard InChI is InChI=1S/C12H24N2O2S/c1-3-8-14-10-6-4-5-7-11(10)17(16)9-12(15)13-2/h10-11,14H,3-9H2,1-2H3,(H,13,15). The lowest BCUT2D eigenvalue weighted by Crippen LogP contribution is -2.46. The van der Waals surface area contributed by atoms with Gasteiger partial charge in [-0.3, -0.25) is 9.00 Å². The van der Waals surface area contributed by atoms with Crippen LogP contribution < -0.4 is 10.6 Å². The molecule has 0 aliphatic heterocycles. The van der Waals surface area contributed by atoms with E-state index in [4.69, 9.17) is 0 Å². The second kappa shape index (κ2) is 7.82. The van der Waals surface area contributed by atoms with Crippen molar-refractivity contribution >= 4 is 16.7 Å². The number of carbonyl (C=O) groups excluding carboxylic acids is 1. The van der Waals surface area contributed by atoms with Gasteiger partial charge in [0.2, 0.25) is 5.91 Å². The zero-order valence-corrected chi connectivity index (χ0v) is 11.6. The van der Waals surface area contributed by atoms with Crippen molar-refractivity contribution in [2.45, 2.75) is 50.3 Å². The van der Waals surface area contributed by atoms with Crippen molar-refractivity contribution in [3.8, 4) is 0 Å². The average molecular weight is 260 g/mol. The van der Waals surface area contributed by atoms with Crippen LogP contribution in [0.2, 0.25) is 0 Å². The first-order valence-corrected chi connectivity index (χ1v) is 7.88. The molecular weight excluding hydrogens is 236 g/mol. The van der Waals surface area contributed by atoms with Crippen molar-refractivity contribution in [1.29, 1.82) is 0 Å². The van der Waals surface area contributed by atoms with Gasteiger partial charge in [-0.1, -0.05) is 19.8 Å². The van der Waals surface area contributed by atoms with E-state index in [9.17, 15) is 9.00 Å². The largest absolute Gasteiger partial charge is 0.358 e. The Kier molecular flexibility index (Phi) is 6.73. The second-order valence-corrected chi connectivity index (χ2v) is 6.24.